The van der Waals surface area contributed by atoms with Gasteiger partial charge in [0.1, 0.15) is 6.61 Å². The summed E-state index contributed by atoms with van der Waals surface area (Å²) in [5.74, 6) is 0.518. The van der Waals surface area contributed by atoms with Crippen LogP contribution >= 0.6 is 12.4 Å². The van der Waals surface area contributed by atoms with Crippen LogP contribution < -0.4 is 5.32 Å². The molecule has 2 rings (SSSR count). The Balaban J connectivity index is 0.00000200. The third-order valence-electron chi connectivity index (χ3n) is 3.47. The van der Waals surface area contributed by atoms with E-state index in [9.17, 15) is 4.79 Å². The molecule has 0 spiro atoms. The van der Waals surface area contributed by atoms with E-state index < -0.39 is 0 Å². The topological polar surface area (TPSA) is 41.6 Å². The molecule has 0 saturated carbocycles. The van der Waals surface area contributed by atoms with Crippen molar-refractivity contribution in [3.8, 4) is 0 Å². The van der Waals surface area contributed by atoms with Gasteiger partial charge >= 0.3 is 6.09 Å². The van der Waals surface area contributed by atoms with Crippen molar-refractivity contribution in [3.05, 3.63) is 35.9 Å². The lowest BCUT2D eigenvalue weighted by Crippen LogP contribution is -2.54. The molecule has 1 N–H and O–H groups in total. The normalized spacial score (nSPS) is 18.6. The predicted molar refractivity (Wildman–Crippen MR) is 82.1 cm³/mol. The Morgan fingerprint density at radius 2 is 2.10 bits per heavy atom. The summed E-state index contributed by atoms with van der Waals surface area (Å²) in [6.07, 6.45) is -0.212. The predicted octanol–water partition coefficient (Wildman–Crippen LogP) is 2.67. The van der Waals surface area contributed by atoms with Gasteiger partial charge in [0.05, 0.1) is 0 Å². The van der Waals surface area contributed by atoms with Gasteiger partial charge in [0.2, 0.25) is 0 Å². The second-order valence-electron chi connectivity index (χ2n) is 5.29. The van der Waals surface area contributed by atoms with E-state index in [1.165, 1.54) is 0 Å². The second-order valence-corrected chi connectivity index (χ2v) is 5.29. The summed E-state index contributed by atoms with van der Waals surface area (Å²) in [7, 11) is 0. The summed E-state index contributed by atoms with van der Waals surface area (Å²) in [5.41, 5.74) is 1.02. The molecule has 1 aromatic carbocycles. The number of halogens is 1. The van der Waals surface area contributed by atoms with Crippen molar-refractivity contribution >= 4 is 18.5 Å². The molecular weight excluding hydrogens is 276 g/mol. The number of nitrogens with one attached hydrogen (secondary N) is 1. The maximum atomic E-state index is 12.0. The number of hydrogen-bond donors (Lipinski definition) is 1. The fourth-order valence-corrected chi connectivity index (χ4v) is 2.20. The van der Waals surface area contributed by atoms with Crippen LogP contribution in [0.15, 0.2) is 30.3 Å². The van der Waals surface area contributed by atoms with Gasteiger partial charge in [-0.05, 0) is 11.5 Å². The van der Waals surface area contributed by atoms with Crippen LogP contribution in [0.4, 0.5) is 4.79 Å². The molecule has 1 fully saturated rings. The number of carbonyl (C=O) groups excluding carboxylic acids is 1. The van der Waals surface area contributed by atoms with Crippen molar-refractivity contribution in [3.63, 3.8) is 0 Å². The number of nitrogens with zero attached hydrogens (tertiary/aromatic N) is 1. The van der Waals surface area contributed by atoms with Crippen LogP contribution in [0.1, 0.15) is 19.4 Å². The molecule has 4 nitrogen and oxygen atoms in total. The molecule has 1 saturated heterocycles. The van der Waals surface area contributed by atoms with Crippen LogP contribution in [0, 0.1) is 5.92 Å². The van der Waals surface area contributed by atoms with E-state index in [-0.39, 0.29) is 18.5 Å². The van der Waals surface area contributed by atoms with Crippen LogP contribution in [0.5, 0.6) is 0 Å². The minimum Gasteiger partial charge on any atom is -0.445 e. The van der Waals surface area contributed by atoms with Gasteiger partial charge < -0.3 is 15.0 Å². The van der Waals surface area contributed by atoms with Crippen LogP contribution in [-0.2, 0) is 11.3 Å². The van der Waals surface area contributed by atoms with Crippen molar-refractivity contribution in [1.82, 2.24) is 10.2 Å². The first-order chi connectivity index (χ1) is 9.16. The third-order valence-corrected chi connectivity index (χ3v) is 3.47. The lowest BCUT2D eigenvalue weighted by Gasteiger charge is -2.35. The van der Waals surface area contributed by atoms with Gasteiger partial charge in [-0.3, -0.25) is 0 Å². The van der Waals surface area contributed by atoms with Gasteiger partial charge in [-0.25, -0.2) is 4.79 Å². The molecule has 0 unspecified atom stereocenters. The fourth-order valence-electron chi connectivity index (χ4n) is 2.20. The Labute approximate surface area is 126 Å². The number of rotatable bonds is 3. The average Bonchev–Trinajstić information content (AvgIpc) is 2.46. The Morgan fingerprint density at radius 3 is 2.75 bits per heavy atom. The lowest BCUT2D eigenvalue weighted by atomic mass is 10.0. The standard InChI is InChI=1S/C15H22N2O2.ClH/c1-12(2)14-10-17(9-8-16-14)15(18)19-11-13-6-4-3-5-7-13;/h3-7,12,14,16H,8-11H2,1-2H3;1H/t14-;/m1./s1. The SMILES string of the molecule is CC(C)[C@H]1CN(C(=O)OCc2ccccc2)CCN1.Cl. The maximum Gasteiger partial charge on any atom is 0.410 e. The molecule has 20 heavy (non-hydrogen) atoms. The Kier molecular flexibility index (Phi) is 6.82. The number of ether oxygens (including phenoxy) is 1. The third kappa shape index (κ3) is 4.69. The lowest BCUT2D eigenvalue weighted by molar-refractivity contribution is 0.0809. The first-order valence-electron chi connectivity index (χ1n) is 6.86. The fraction of sp³-hybridized carbons (Fsp3) is 0.533. The zero-order chi connectivity index (χ0) is 13.7. The molecule has 5 heteroatoms. The molecule has 1 amide bonds. The average molecular weight is 299 g/mol. The molecule has 0 bridgehead atoms. The Hall–Kier alpha value is -1.26. The first-order valence-corrected chi connectivity index (χ1v) is 6.86. The van der Waals surface area contributed by atoms with Crippen LogP contribution in [0.2, 0.25) is 0 Å². The van der Waals surface area contributed by atoms with E-state index >= 15 is 0 Å². The summed E-state index contributed by atoms with van der Waals surface area (Å²) in [5, 5.41) is 3.43. The molecule has 1 aliphatic heterocycles. The van der Waals surface area contributed by atoms with Crippen molar-refractivity contribution < 1.29 is 9.53 Å². The molecule has 0 aromatic heterocycles. The smallest absolute Gasteiger partial charge is 0.410 e. The van der Waals surface area contributed by atoms with Crippen LogP contribution in [0.25, 0.3) is 0 Å². The summed E-state index contributed by atoms with van der Waals surface area (Å²) in [6, 6.07) is 10.1. The van der Waals surface area contributed by atoms with Crippen molar-refractivity contribution in [2.75, 3.05) is 19.6 Å². The van der Waals surface area contributed by atoms with Gasteiger partial charge in [-0.2, -0.15) is 0 Å². The highest BCUT2D eigenvalue weighted by Crippen LogP contribution is 2.10. The molecule has 1 aliphatic rings. The number of piperazine rings is 1. The van der Waals surface area contributed by atoms with E-state index in [4.69, 9.17) is 4.74 Å². The molecule has 1 heterocycles. The van der Waals surface area contributed by atoms with Crippen molar-refractivity contribution in [1.29, 1.82) is 0 Å². The summed E-state index contributed by atoms with van der Waals surface area (Å²) in [6.45, 7) is 6.95. The van der Waals surface area contributed by atoms with Crippen molar-refractivity contribution in [2.45, 2.75) is 26.5 Å². The number of amides is 1. The number of carbonyl (C=O) groups is 1. The zero-order valence-electron chi connectivity index (χ0n) is 12.0. The second kappa shape index (κ2) is 8.12. The van der Waals surface area contributed by atoms with Gasteiger partial charge in [0, 0.05) is 25.7 Å². The van der Waals surface area contributed by atoms with E-state index in [1.807, 2.05) is 30.3 Å². The highest BCUT2D eigenvalue weighted by molar-refractivity contribution is 5.85. The summed E-state index contributed by atoms with van der Waals surface area (Å²) in [4.78, 5) is 13.8. The minimum atomic E-state index is -0.212. The van der Waals surface area contributed by atoms with Crippen molar-refractivity contribution in [2.24, 2.45) is 5.92 Å². The molecule has 1 aromatic rings. The zero-order valence-corrected chi connectivity index (χ0v) is 12.9. The molecular formula is C15H23ClN2O2. The van der Waals surface area contributed by atoms with Crippen LogP contribution in [-0.4, -0.2) is 36.7 Å². The summed E-state index contributed by atoms with van der Waals surface area (Å²) >= 11 is 0. The molecule has 112 valence electrons. The molecule has 0 radical (unpaired) electrons. The highest BCUT2D eigenvalue weighted by Gasteiger charge is 2.25. The first kappa shape index (κ1) is 16.8. The highest BCUT2D eigenvalue weighted by atomic mass is 35.5. The Morgan fingerprint density at radius 1 is 1.40 bits per heavy atom. The number of hydrogen-bond acceptors (Lipinski definition) is 3. The van der Waals surface area contributed by atoms with E-state index in [0.29, 0.717) is 18.6 Å². The van der Waals surface area contributed by atoms with E-state index in [1.54, 1.807) is 4.90 Å². The van der Waals surface area contributed by atoms with E-state index in [0.717, 1.165) is 25.2 Å². The summed E-state index contributed by atoms with van der Waals surface area (Å²) < 4.78 is 5.35. The Bertz CT molecular complexity index is 412. The molecule has 0 aliphatic carbocycles. The largest absolute Gasteiger partial charge is 0.445 e. The quantitative estimate of drug-likeness (QED) is 0.933. The monoisotopic (exact) mass is 298 g/mol. The molecule has 1 atom stereocenters. The van der Waals surface area contributed by atoms with Gasteiger partial charge in [-0.15, -0.1) is 12.4 Å². The van der Waals surface area contributed by atoms with Gasteiger partial charge in [0.25, 0.3) is 0 Å². The van der Waals surface area contributed by atoms with Crippen LogP contribution in [0.3, 0.4) is 0 Å². The van der Waals surface area contributed by atoms with Gasteiger partial charge in [-0.1, -0.05) is 44.2 Å². The number of benzene rings is 1. The maximum absolute atomic E-state index is 12.0. The van der Waals surface area contributed by atoms with E-state index in [2.05, 4.69) is 19.2 Å². The van der Waals surface area contributed by atoms with Gasteiger partial charge in [0.15, 0.2) is 0 Å². The minimum absolute atomic E-state index is 0.